The zero-order valence-corrected chi connectivity index (χ0v) is 10.6. The number of benzene rings is 1. The molecule has 0 aliphatic heterocycles. The van der Waals surface area contributed by atoms with Crippen LogP contribution < -0.4 is 0 Å². The summed E-state index contributed by atoms with van der Waals surface area (Å²) in [5.74, 6) is -0.402. The number of ether oxygens (including phenoxy) is 2. The second-order valence-corrected chi connectivity index (χ2v) is 3.94. The van der Waals surface area contributed by atoms with Gasteiger partial charge in [0, 0.05) is 12.2 Å². The van der Waals surface area contributed by atoms with Crippen LogP contribution in [0.4, 0.5) is 4.39 Å². The van der Waals surface area contributed by atoms with E-state index in [9.17, 15) is 4.39 Å². The minimum absolute atomic E-state index is 0.203. The third-order valence-corrected chi connectivity index (χ3v) is 2.45. The van der Waals surface area contributed by atoms with E-state index in [0.29, 0.717) is 24.3 Å². The average molecular weight is 251 g/mol. The topological polar surface area (TPSA) is 42.2 Å². The molecule has 18 heavy (non-hydrogen) atoms. The average Bonchev–Trinajstić information content (AvgIpc) is 2.39. The minimum Gasteiger partial charge on any atom is -0.379 e. The molecule has 98 valence electrons. The molecule has 0 aliphatic rings. The minimum atomic E-state index is -0.402. The maximum absolute atomic E-state index is 13.5. The Morgan fingerprint density at radius 2 is 2.00 bits per heavy atom. The molecule has 0 unspecified atom stereocenters. The Hall–Kier alpha value is -1.44. The molecule has 0 fully saturated rings. The zero-order chi connectivity index (χ0) is 13.2. The van der Waals surface area contributed by atoms with Crippen molar-refractivity contribution < 1.29 is 13.9 Å². The lowest BCUT2D eigenvalue weighted by Gasteiger charge is -2.06. The Morgan fingerprint density at radius 3 is 2.67 bits per heavy atom. The van der Waals surface area contributed by atoms with Gasteiger partial charge in [-0.3, -0.25) is 0 Å². The van der Waals surface area contributed by atoms with Crippen molar-refractivity contribution in [2.45, 2.75) is 26.4 Å². The van der Waals surface area contributed by atoms with E-state index in [1.54, 1.807) is 12.1 Å². The lowest BCUT2D eigenvalue weighted by molar-refractivity contribution is 0.0388. The standard InChI is InChI=1S/C14H18FNO2/c1-2-3-6-17-7-8-18-11-13-5-4-12(10-16)9-14(13)15/h4-5,9H,2-3,6-8,11H2,1H3. The molecule has 0 saturated carbocycles. The molecular weight excluding hydrogens is 233 g/mol. The highest BCUT2D eigenvalue weighted by molar-refractivity contribution is 5.32. The predicted octanol–water partition coefficient (Wildman–Crippen LogP) is 3.03. The van der Waals surface area contributed by atoms with Crippen molar-refractivity contribution >= 4 is 0 Å². The molecule has 0 aliphatic carbocycles. The van der Waals surface area contributed by atoms with Crippen LogP contribution in [0.2, 0.25) is 0 Å². The predicted molar refractivity (Wildman–Crippen MR) is 66.5 cm³/mol. The fraction of sp³-hybridized carbons (Fsp3) is 0.500. The Balaban J connectivity index is 2.21. The molecule has 0 heterocycles. The second kappa shape index (κ2) is 8.62. The molecule has 0 bridgehead atoms. The van der Waals surface area contributed by atoms with Crippen LogP contribution in [-0.4, -0.2) is 19.8 Å². The van der Waals surface area contributed by atoms with E-state index in [4.69, 9.17) is 14.7 Å². The van der Waals surface area contributed by atoms with E-state index in [-0.39, 0.29) is 6.61 Å². The first-order valence-corrected chi connectivity index (χ1v) is 6.12. The summed E-state index contributed by atoms with van der Waals surface area (Å²) in [7, 11) is 0. The normalized spacial score (nSPS) is 10.3. The van der Waals surface area contributed by atoms with Gasteiger partial charge < -0.3 is 9.47 Å². The van der Waals surface area contributed by atoms with E-state index >= 15 is 0 Å². The van der Waals surface area contributed by atoms with Gasteiger partial charge in [0.05, 0.1) is 31.5 Å². The third kappa shape index (κ3) is 5.26. The van der Waals surface area contributed by atoms with Crippen LogP contribution in [0.1, 0.15) is 30.9 Å². The lowest BCUT2D eigenvalue weighted by atomic mass is 10.1. The summed E-state index contributed by atoms with van der Waals surface area (Å²) in [6.45, 7) is 4.02. The molecule has 0 N–H and O–H groups in total. The van der Waals surface area contributed by atoms with Gasteiger partial charge in [0.25, 0.3) is 0 Å². The Labute approximate surface area is 107 Å². The van der Waals surface area contributed by atoms with Gasteiger partial charge >= 0.3 is 0 Å². The van der Waals surface area contributed by atoms with Gasteiger partial charge in [0.1, 0.15) is 5.82 Å². The summed E-state index contributed by atoms with van der Waals surface area (Å²) in [4.78, 5) is 0. The maximum atomic E-state index is 13.5. The van der Waals surface area contributed by atoms with Crippen molar-refractivity contribution in [3.63, 3.8) is 0 Å². The van der Waals surface area contributed by atoms with Crippen molar-refractivity contribution in [1.82, 2.24) is 0 Å². The highest BCUT2D eigenvalue weighted by Crippen LogP contribution is 2.10. The summed E-state index contributed by atoms with van der Waals surface area (Å²) >= 11 is 0. The van der Waals surface area contributed by atoms with Gasteiger partial charge in [0.15, 0.2) is 0 Å². The molecule has 0 aromatic heterocycles. The molecule has 0 saturated heterocycles. The maximum Gasteiger partial charge on any atom is 0.130 e. The van der Waals surface area contributed by atoms with Gasteiger partial charge in [-0.1, -0.05) is 19.4 Å². The molecule has 0 atom stereocenters. The van der Waals surface area contributed by atoms with E-state index in [2.05, 4.69) is 6.92 Å². The number of halogens is 1. The van der Waals surface area contributed by atoms with E-state index in [0.717, 1.165) is 19.4 Å². The van der Waals surface area contributed by atoms with Crippen molar-refractivity contribution in [3.05, 3.63) is 35.1 Å². The van der Waals surface area contributed by atoms with Crippen LogP contribution in [0.25, 0.3) is 0 Å². The van der Waals surface area contributed by atoms with Crippen LogP contribution in [0, 0.1) is 17.1 Å². The Kier molecular flexibility index (Phi) is 7.00. The Bertz CT molecular complexity index is 401. The van der Waals surface area contributed by atoms with Gasteiger partial charge in [-0.25, -0.2) is 4.39 Å². The highest BCUT2D eigenvalue weighted by atomic mass is 19.1. The molecule has 1 aromatic carbocycles. The number of unbranched alkanes of at least 4 members (excludes halogenated alkanes) is 1. The van der Waals surface area contributed by atoms with Crippen molar-refractivity contribution in [3.8, 4) is 6.07 Å². The fourth-order valence-corrected chi connectivity index (χ4v) is 1.38. The van der Waals surface area contributed by atoms with Crippen LogP contribution >= 0.6 is 0 Å². The summed E-state index contributed by atoms with van der Waals surface area (Å²) < 4.78 is 24.1. The Morgan fingerprint density at radius 1 is 1.22 bits per heavy atom. The smallest absolute Gasteiger partial charge is 0.130 e. The fourth-order valence-electron chi connectivity index (χ4n) is 1.38. The largest absolute Gasteiger partial charge is 0.379 e. The molecule has 0 radical (unpaired) electrons. The summed E-state index contributed by atoms with van der Waals surface area (Å²) in [6.07, 6.45) is 2.15. The lowest BCUT2D eigenvalue weighted by Crippen LogP contribution is -2.06. The van der Waals surface area contributed by atoms with E-state index in [1.165, 1.54) is 6.07 Å². The number of nitriles is 1. The van der Waals surface area contributed by atoms with Gasteiger partial charge in [-0.2, -0.15) is 5.26 Å². The summed E-state index contributed by atoms with van der Waals surface area (Å²) in [6, 6.07) is 6.27. The molecule has 0 spiro atoms. The summed E-state index contributed by atoms with van der Waals surface area (Å²) in [5, 5.41) is 8.61. The van der Waals surface area contributed by atoms with E-state index < -0.39 is 5.82 Å². The van der Waals surface area contributed by atoms with Gasteiger partial charge in [-0.15, -0.1) is 0 Å². The van der Waals surface area contributed by atoms with Crippen molar-refractivity contribution in [1.29, 1.82) is 5.26 Å². The monoisotopic (exact) mass is 251 g/mol. The molecule has 3 nitrogen and oxygen atoms in total. The number of nitrogens with zero attached hydrogens (tertiary/aromatic N) is 1. The molecule has 4 heteroatoms. The van der Waals surface area contributed by atoms with Crippen molar-refractivity contribution in [2.75, 3.05) is 19.8 Å². The van der Waals surface area contributed by atoms with Crippen molar-refractivity contribution in [2.24, 2.45) is 0 Å². The number of hydrogen-bond donors (Lipinski definition) is 0. The van der Waals surface area contributed by atoms with Crippen LogP contribution in [0.5, 0.6) is 0 Å². The number of rotatable bonds is 8. The highest BCUT2D eigenvalue weighted by Gasteiger charge is 2.03. The molecule has 1 aromatic rings. The quantitative estimate of drug-likeness (QED) is 0.667. The summed E-state index contributed by atoms with van der Waals surface area (Å²) in [5.41, 5.74) is 0.779. The van der Waals surface area contributed by atoms with Gasteiger partial charge in [-0.05, 0) is 18.6 Å². The first kappa shape index (κ1) is 14.6. The SMILES string of the molecule is CCCCOCCOCc1ccc(C#N)cc1F. The molecular formula is C14H18FNO2. The molecule has 1 rings (SSSR count). The third-order valence-electron chi connectivity index (χ3n) is 2.45. The van der Waals surface area contributed by atoms with Crippen LogP contribution in [0.15, 0.2) is 18.2 Å². The zero-order valence-electron chi connectivity index (χ0n) is 10.6. The molecule has 0 amide bonds. The van der Waals surface area contributed by atoms with Gasteiger partial charge in [0.2, 0.25) is 0 Å². The first-order valence-electron chi connectivity index (χ1n) is 6.12. The van der Waals surface area contributed by atoms with Crippen LogP contribution in [0.3, 0.4) is 0 Å². The second-order valence-electron chi connectivity index (χ2n) is 3.94. The van der Waals surface area contributed by atoms with E-state index in [1.807, 2.05) is 6.07 Å². The van der Waals surface area contributed by atoms with Crippen LogP contribution in [-0.2, 0) is 16.1 Å². The number of hydrogen-bond acceptors (Lipinski definition) is 3. The first-order chi connectivity index (χ1) is 8.77.